The molecule has 9 atom stereocenters. The lowest BCUT2D eigenvalue weighted by Gasteiger charge is -2.59. The first-order chi connectivity index (χ1) is 13.2. The molecule has 3 unspecified atom stereocenters. The highest BCUT2D eigenvalue weighted by Gasteiger charge is 2.60. The first-order valence-electron chi connectivity index (χ1n) is 11.3. The molecule has 3 fully saturated rings. The van der Waals surface area contributed by atoms with Crippen molar-refractivity contribution in [2.75, 3.05) is 7.11 Å². The fraction of sp³-hybridized carbons (Fsp3) is 0.875. The first-order valence-corrected chi connectivity index (χ1v) is 11.3. The number of aliphatic hydroxyl groups excluding tert-OH is 2. The van der Waals surface area contributed by atoms with Crippen LogP contribution in [-0.4, -0.2) is 35.5 Å². The number of carbonyl (C=O) groups is 1. The lowest BCUT2D eigenvalue weighted by atomic mass is 9.46. The lowest BCUT2D eigenvalue weighted by molar-refractivity contribution is -0.143. The van der Waals surface area contributed by atoms with Gasteiger partial charge in [-0.05, 0) is 73.5 Å². The van der Waals surface area contributed by atoms with Crippen molar-refractivity contribution < 1.29 is 19.7 Å². The Morgan fingerprint density at radius 3 is 2.71 bits per heavy atom. The van der Waals surface area contributed by atoms with Crippen LogP contribution < -0.4 is 0 Å². The molecule has 3 saturated carbocycles. The molecular formula is C24H38O4. The van der Waals surface area contributed by atoms with Gasteiger partial charge in [0.2, 0.25) is 0 Å². The molecule has 4 aliphatic rings. The quantitative estimate of drug-likeness (QED) is 0.562. The number of fused-ring (bicyclic) bond motifs is 5. The average molecular weight is 391 g/mol. The largest absolute Gasteiger partial charge is 0.469 e. The second kappa shape index (κ2) is 7.12. The van der Waals surface area contributed by atoms with Crippen molar-refractivity contribution in [1.29, 1.82) is 0 Å². The van der Waals surface area contributed by atoms with Crippen LogP contribution in [0.1, 0.15) is 72.1 Å². The van der Waals surface area contributed by atoms with Crippen LogP contribution in [0.25, 0.3) is 0 Å². The van der Waals surface area contributed by atoms with Crippen LogP contribution in [-0.2, 0) is 9.53 Å². The molecule has 0 heterocycles. The van der Waals surface area contributed by atoms with Gasteiger partial charge >= 0.3 is 5.97 Å². The topological polar surface area (TPSA) is 66.8 Å². The van der Waals surface area contributed by atoms with E-state index in [0.29, 0.717) is 42.4 Å². The van der Waals surface area contributed by atoms with Crippen LogP contribution in [0, 0.1) is 40.4 Å². The van der Waals surface area contributed by atoms with E-state index in [0.717, 1.165) is 19.3 Å². The van der Waals surface area contributed by atoms with Crippen molar-refractivity contribution in [3.8, 4) is 0 Å². The molecule has 0 amide bonds. The summed E-state index contributed by atoms with van der Waals surface area (Å²) < 4.78 is 4.93. The van der Waals surface area contributed by atoms with Crippen LogP contribution in [0.5, 0.6) is 0 Å². The van der Waals surface area contributed by atoms with Crippen molar-refractivity contribution in [1.82, 2.24) is 0 Å². The molecule has 0 aliphatic heterocycles. The number of esters is 1. The minimum absolute atomic E-state index is 0.0881. The lowest BCUT2D eigenvalue weighted by Crippen LogP contribution is -2.55. The molecule has 4 aliphatic carbocycles. The summed E-state index contributed by atoms with van der Waals surface area (Å²) in [5.74, 6) is 2.66. The summed E-state index contributed by atoms with van der Waals surface area (Å²) in [6, 6.07) is 0. The maximum absolute atomic E-state index is 11.9. The van der Waals surface area contributed by atoms with E-state index in [1.807, 2.05) is 0 Å². The summed E-state index contributed by atoms with van der Waals surface area (Å²) in [5, 5.41) is 21.2. The van der Waals surface area contributed by atoms with Gasteiger partial charge in [0.15, 0.2) is 0 Å². The number of methoxy groups -OCH3 is 1. The highest BCUT2D eigenvalue weighted by molar-refractivity contribution is 5.69. The van der Waals surface area contributed by atoms with Crippen molar-refractivity contribution in [2.24, 2.45) is 40.4 Å². The highest BCUT2D eigenvalue weighted by Crippen LogP contribution is 2.67. The number of rotatable bonds is 3. The average Bonchev–Trinajstić information content (AvgIpc) is 3.00. The van der Waals surface area contributed by atoms with Crippen LogP contribution >= 0.6 is 0 Å². The molecule has 28 heavy (non-hydrogen) atoms. The maximum atomic E-state index is 11.9. The van der Waals surface area contributed by atoms with E-state index < -0.39 is 12.2 Å². The smallest absolute Gasteiger partial charge is 0.305 e. The molecule has 0 radical (unpaired) electrons. The molecule has 0 aromatic heterocycles. The maximum Gasteiger partial charge on any atom is 0.305 e. The Morgan fingerprint density at radius 2 is 2.00 bits per heavy atom. The van der Waals surface area contributed by atoms with E-state index in [2.05, 4.69) is 26.8 Å². The van der Waals surface area contributed by atoms with Crippen LogP contribution in [0.2, 0.25) is 0 Å². The van der Waals surface area contributed by atoms with Gasteiger partial charge in [-0.3, -0.25) is 4.79 Å². The Labute approximate surface area is 169 Å². The van der Waals surface area contributed by atoms with Gasteiger partial charge < -0.3 is 14.9 Å². The van der Waals surface area contributed by atoms with Gasteiger partial charge in [0.25, 0.3) is 0 Å². The standard InChI is InChI=1S/C24H38O4/c1-14(11-22(27)28-4)18-7-8-19-17-6-5-15-12-16(25)13-21(26)24(15,3)20(17)9-10-23(18,19)2/h5,14,16-21,25-26H,6-13H2,1-4H3/t14?,16?,17-,18+,19-,20-,21?,23+,24-/m0/s1. The summed E-state index contributed by atoms with van der Waals surface area (Å²) in [6.45, 7) is 6.97. The Kier molecular flexibility index (Phi) is 5.19. The second-order valence-corrected chi connectivity index (χ2v) is 10.7. The summed E-state index contributed by atoms with van der Waals surface area (Å²) in [6.07, 6.45) is 9.18. The molecule has 0 aromatic rings. The van der Waals surface area contributed by atoms with Gasteiger partial charge in [-0.15, -0.1) is 0 Å². The minimum Gasteiger partial charge on any atom is -0.469 e. The third kappa shape index (κ3) is 2.89. The van der Waals surface area contributed by atoms with Gasteiger partial charge in [-0.1, -0.05) is 32.4 Å². The molecule has 0 aromatic carbocycles. The molecule has 0 spiro atoms. The van der Waals surface area contributed by atoms with Crippen LogP contribution in [0.3, 0.4) is 0 Å². The monoisotopic (exact) mass is 390 g/mol. The molecule has 2 N–H and O–H groups in total. The molecule has 158 valence electrons. The molecule has 0 bridgehead atoms. The number of hydrogen-bond acceptors (Lipinski definition) is 4. The van der Waals surface area contributed by atoms with E-state index in [1.165, 1.54) is 31.9 Å². The molecule has 4 rings (SSSR count). The van der Waals surface area contributed by atoms with Crippen molar-refractivity contribution in [2.45, 2.75) is 84.3 Å². The van der Waals surface area contributed by atoms with E-state index in [4.69, 9.17) is 4.74 Å². The van der Waals surface area contributed by atoms with Crippen LogP contribution in [0.15, 0.2) is 11.6 Å². The first kappa shape index (κ1) is 20.4. The van der Waals surface area contributed by atoms with Crippen LogP contribution in [0.4, 0.5) is 0 Å². The Morgan fingerprint density at radius 1 is 1.25 bits per heavy atom. The van der Waals surface area contributed by atoms with Gasteiger partial charge in [-0.25, -0.2) is 0 Å². The number of allylic oxidation sites excluding steroid dienone is 1. The fourth-order valence-corrected chi connectivity index (χ4v) is 8.16. The van der Waals surface area contributed by atoms with Gasteiger partial charge in [0, 0.05) is 18.3 Å². The van der Waals surface area contributed by atoms with Gasteiger partial charge in [0.1, 0.15) is 0 Å². The minimum atomic E-state index is -0.435. The summed E-state index contributed by atoms with van der Waals surface area (Å²) in [4.78, 5) is 11.9. The molecule has 4 heteroatoms. The summed E-state index contributed by atoms with van der Waals surface area (Å²) >= 11 is 0. The number of carbonyl (C=O) groups excluding carboxylic acids is 1. The van der Waals surface area contributed by atoms with Crippen molar-refractivity contribution >= 4 is 5.97 Å². The zero-order valence-corrected chi connectivity index (χ0v) is 18.0. The number of ether oxygens (including phenoxy) is 1. The normalized spacial score (nSPS) is 48.7. The Balaban J connectivity index is 1.59. The van der Waals surface area contributed by atoms with E-state index >= 15 is 0 Å². The summed E-state index contributed by atoms with van der Waals surface area (Å²) in [7, 11) is 1.48. The second-order valence-electron chi connectivity index (χ2n) is 10.7. The molecule has 0 saturated heterocycles. The predicted molar refractivity (Wildman–Crippen MR) is 108 cm³/mol. The Bertz CT molecular complexity index is 657. The third-order valence-corrected chi connectivity index (χ3v) is 9.66. The predicted octanol–water partition coefficient (Wildman–Crippen LogP) is 4.10. The zero-order chi connectivity index (χ0) is 20.3. The Hall–Kier alpha value is -0.870. The molecular weight excluding hydrogens is 352 g/mol. The van der Waals surface area contributed by atoms with E-state index in [9.17, 15) is 15.0 Å². The van der Waals surface area contributed by atoms with E-state index in [1.54, 1.807) is 0 Å². The van der Waals surface area contributed by atoms with Gasteiger partial charge in [0.05, 0.1) is 19.3 Å². The summed E-state index contributed by atoms with van der Waals surface area (Å²) in [5.41, 5.74) is 1.42. The SMILES string of the molecule is COC(=O)CC(C)[C@H]1CC[C@H]2[C@@H]3CC=C4CC(O)CC(O)[C@]4(C)[C@H]3CC[C@]12C. The zero-order valence-electron chi connectivity index (χ0n) is 18.0. The van der Waals surface area contributed by atoms with E-state index in [-0.39, 0.29) is 16.8 Å². The molecule has 4 nitrogen and oxygen atoms in total. The number of aliphatic hydroxyl groups is 2. The highest BCUT2D eigenvalue weighted by atomic mass is 16.5. The number of hydrogen-bond donors (Lipinski definition) is 2. The fourth-order valence-electron chi connectivity index (χ4n) is 8.16. The van der Waals surface area contributed by atoms with Crippen molar-refractivity contribution in [3.05, 3.63) is 11.6 Å². The van der Waals surface area contributed by atoms with Crippen molar-refractivity contribution in [3.63, 3.8) is 0 Å². The van der Waals surface area contributed by atoms with Gasteiger partial charge in [-0.2, -0.15) is 0 Å². The third-order valence-electron chi connectivity index (χ3n) is 9.66.